The fraction of sp³-hybridized carbons (Fsp3) is 0.211. The SMILES string of the molecule is Cc1c(N)nc2cccc(N)c2c1C1CCc2ccccc21. The van der Waals surface area contributed by atoms with E-state index in [4.69, 9.17) is 11.5 Å². The van der Waals surface area contributed by atoms with E-state index in [0.29, 0.717) is 11.7 Å². The second-order valence-corrected chi connectivity index (χ2v) is 6.07. The first kappa shape index (κ1) is 13.1. The lowest BCUT2D eigenvalue weighted by Gasteiger charge is -2.20. The first-order valence-corrected chi connectivity index (χ1v) is 7.69. The molecule has 1 aliphatic rings. The molecule has 0 saturated carbocycles. The normalized spacial score (nSPS) is 16.9. The molecule has 0 spiro atoms. The van der Waals surface area contributed by atoms with Gasteiger partial charge in [-0.15, -0.1) is 0 Å². The highest BCUT2D eigenvalue weighted by Crippen LogP contribution is 2.44. The molecule has 1 unspecified atom stereocenters. The first-order valence-electron chi connectivity index (χ1n) is 7.69. The Kier molecular flexibility index (Phi) is 2.83. The number of aromatic nitrogens is 1. The van der Waals surface area contributed by atoms with Crippen LogP contribution >= 0.6 is 0 Å². The van der Waals surface area contributed by atoms with Gasteiger partial charge in [0.05, 0.1) is 5.52 Å². The average molecular weight is 289 g/mol. The number of nitrogens with zero attached hydrogens (tertiary/aromatic N) is 1. The van der Waals surface area contributed by atoms with Crippen molar-refractivity contribution in [1.29, 1.82) is 0 Å². The number of nitrogen functional groups attached to an aromatic ring is 2. The zero-order valence-corrected chi connectivity index (χ0v) is 12.6. The summed E-state index contributed by atoms with van der Waals surface area (Å²) in [6, 6.07) is 14.6. The number of hydrogen-bond acceptors (Lipinski definition) is 3. The van der Waals surface area contributed by atoms with E-state index in [9.17, 15) is 0 Å². The number of hydrogen-bond donors (Lipinski definition) is 2. The van der Waals surface area contributed by atoms with Crippen molar-refractivity contribution in [3.05, 3.63) is 64.7 Å². The van der Waals surface area contributed by atoms with Crippen molar-refractivity contribution < 1.29 is 0 Å². The van der Waals surface area contributed by atoms with Gasteiger partial charge in [0.15, 0.2) is 0 Å². The van der Waals surface area contributed by atoms with E-state index in [2.05, 4.69) is 36.2 Å². The molecule has 1 atom stereocenters. The number of benzene rings is 2. The lowest BCUT2D eigenvalue weighted by molar-refractivity contribution is 0.788. The van der Waals surface area contributed by atoms with E-state index in [1.165, 1.54) is 16.7 Å². The maximum atomic E-state index is 6.28. The Bertz CT molecular complexity index is 883. The van der Waals surface area contributed by atoms with Gasteiger partial charge in [-0.25, -0.2) is 4.98 Å². The lowest BCUT2D eigenvalue weighted by Crippen LogP contribution is -2.07. The second-order valence-electron chi connectivity index (χ2n) is 6.07. The van der Waals surface area contributed by atoms with Gasteiger partial charge in [0, 0.05) is 17.0 Å². The summed E-state index contributed by atoms with van der Waals surface area (Å²) < 4.78 is 0. The van der Waals surface area contributed by atoms with Crippen molar-refractivity contribution >= 4 is 22.4 Å². The molecule has 2 aromatic carbocycles. The van der Waals surface area contributed by atoms with Gasteiger partial charge in [-0.1, -0.05) is 30.3 Å². The van der Waals surface area contributed by atoms with Crippen molar-refractivity contribution in [2.75, 3.05) is 11.5 Å². The minimum absolute atomic E-state index is 0.355. The Morgan fingerprint density at radius 1 is 1.05 bits per heavy atom. The van der Waals surface area contributed by atoms with Crippen LogP contribution in [0.2, 0.25) is 0 Å². The van der Waals surface area contributed by atoms with Crippen LogP contribution in [0.15, 0.2) is 42.5 Å². The van der Waals surface area contributed by atoms with Crippen LogP contribution in [-0.4, -0.2) is 4.98 Å². The Morgan fingerprint density at radius 3 is 2.73 bits per heavy atom. The molecule has 0 saturated heterocycles. The predicted octanol–water partition coefficient (Wildman–Crippen LogP) is 3.79. The topological polar surface area (TPSA) is 64.9 Å². The predicted molar refractivity (Wildman–Crippen MR) is 91.9 cm³/mol. The molecule has 1 heterocycles. The average Bonchev–Trinajstić information content (AvgIpc) is 2.93. The Morgan fingerprint density at radius 2 is 1.86 bits per heavy atom. The highest BCUT2D eigenvalue weighted by molar-refractivity contribution is 5.96. The summed E-state index contributed by atoms with van der Waals surface area (Å²) in [5.41, 5.74) is 19.3. The van der Waals surface area contributed by atoms with Gasteiger partial charge < -0.3 is 11.5 Å². The minimum Gasteiger partial charge on any atom is -0.398 e. The van der Waals surface area contributed by atoms with Crippen LogP contribution in [0.1, 0.15) is 34.6 Å². The molecule has 4 rings (SSSR count). The standard InChI is InChI=1S/C19H19N3/c1-11-17(14-10-9-12-5-2-3-6-13(12)14)18-15(20)7-4-8-16(18)22-19(11)21/h2-8,14H,9-10,20H2,1H3,(H2,21,22). The summed E-state index contributed by atoms with van der Waals surface area (Å²) in [7, 11) is 0. The molecule has 3 aromatic rings. The van der Waals surface area contributed by atoms with Crippen LogP contribution in [0.25, 0.3) is 10.9 Å². The fourth-order valence-electron chi connectivity index (χ4n) is 3.78. The highest BCUT2D eigenvalue weighted by Gasteiger charge is 2.28. The molecule has 0 amide bonds. The molecule has 3 nitrogen and oxygen atoms in total. The Labute approximate surface area is 130 Å². The summed E-state index contributed by atoms with van der Waals surface area (Å²) in [6.45, 7) is 2.06. The summed E-state index contributed by atoms with van der Waals surface area (Å²) in [6.07, 6.45) is 2.21. The van der Waals surface area contributed by atoms with Crippen LogP contribution in [-0.2, 0) is 6.42 Å². The fourth-order valence-corrected chi connectivity index (χ4v) is 3.78. The lowest BCUT2D eigenvalue weighted by atomic mass is 9.87. The molecule has 0 radical (unpaired) electrons. The third kappa shape index (κ3) is 1.78. The van der Waals surface area contributed by atoms with Gasteiger partial charge in [-0.2, -0.15) is 0 Å². The molecule has 3 heteroatoms. The van der Waals surface area contributed by atoms with E-state index in [0.717, 1.165) is 35.0 Å². The maximum Gasteiger partial charge on any atom is 0.127 e. The first-order chi connectivity index (χ1) is 10.7. The van der Waals surface area contributed by atoms with E-state index in [1.807, 2.05) is 18.2 Å². The highest BCUT2D eigenvalue weighted by atomic mass is 14.8. The quantitative estimate of drug-likeness (QED) is 0.670. The van der Waals surface area contributed by atoms with Crippen molar-refractivity contribution in [3.8, 4) is 0 Å². The van der Waals surface area contributed by atoms with Gasteiger partial charge in [0.1, 0.15) is 5.82 Å². The molecule has 0 aliphatic heterocycles. The second kappa shape index (κ2) is 4.73. The molecule has 110 valence electrons. The van der Waals surface area contributed by atoms with Crippen molar-refractivity contribution in [3.63, 3.8) is 0 Å². The molecule has 0 bridgehead atoms. The molecule has 0 fully saturated rings. The van der Waals surface area contributed by atoms with E-state index < -0.39 is 0 Å². The molecule has 22 heavy (non-hydrogen) atoms. The van der Waals surface area contributed by atoms with Gasteiger partial charge >= 0.3 is 0 Å². The van der Waals surface area contributed by atoms with E-state index in [1.54, 1.807) is 0 Å². The van der Waals surface area contributed by atoms with Gasteiger partial charge in [0.2, 0.25) is 0 Å². The maximum absolute atomic E-state index is 6.28. The van der Waals surface area contributed by atoms with Crippen LogP contribution in [0.5, 0.6) is 0 Å². The molecule has 4 N–H and O–H groups in total. The largest absolute Gasteiger partial charge is 0.398 e. The van der Waals surface area contributed by atoms with Crippen LogP contribution < -0.4 is 11.5 Å². The number of pyridine rings is 1. The summed E-state index contributed by atoms with van der Waals surface area (Å²) in [4.78, 5) is 4.52. The van der Waals surface area contributed by atoms with E-state index in [-0.39, 0.29) is 0 Å². The van der Waals surface area contributed by atoms with Crippen LogP contribution in [0, 0.1) is 6.92 Å². The summed E-state index contributed by atoms with van der Waals surface area (Å²) >= 11 is 0. The Hall–Kier alpha value is -2.55. The molecular formula is C19H19N3. The minimum atomic E-state index is 0.355. The third-order valence-electron chi connectivity index (χ3n) is 4.85. The third-order valence-corrected chi connectivity index (χ3v) is 4.85. The molecular weight excluding hydrogens is 270 g/mol. The van der Waals surface area contributed by atoms with Crippen LogP contribution in [0.4, 0.5) is 11.5 Å². The number of nitrogens with two attached hydrogens (primary N) is 2. The van der Waals surface area contributed by atoms with Crippen molar-refractivity contribution in [1.82, 2.24) is 4.98 Å². The number of fused-ring (bicyclic) bond motifs is 2. The van der Waals surface area contributed by atoms with Gasteiger partial charge in [0.25, 0.3) is 0 Å². The van der Waals surface area contributed by atoms with Gasteiger partial charge in [-0.3, -0.25) is 0 Å². The number of aryl methyl sites for hydroxylation is 1. The number of rotatable bonds is 1. The zero-order chi connectivity index (χ0) is 15.3. The zero-order valence-electron chi connectivity index (χ0n) is 12.6. The Balaban J connectivity index is 2.05. The van der Waals surface area contributed by atoms with E-state index >= 15 is 0 Å². The summed E-state index contributed by atoms with van der Waals surface area (Å²) in [5, 5.41) is 1.07. The number of anilines is 2. The molecule has 1 aliphatic carbocycles. The smallest absolute Gasteiger partial charge is 0.127 e. The van der Waals surface area contributed by atoms with Crippen LogP contribution in [0.3, 0.4) is 0 Å². The summed E-state index contributed by atoms with van der Waals surface area (Å²) in [5.74, 6) is 0.964. The van der Waals surface area contributed by atoms with Crippen molar-refractivity contribution in [2.24, 2.45) is 0 Å². The monoisotopic (exact) mass is 289 g/mol. The molecule has 1 aromatic heterocycles. The van der Waals surface area contributed by atoms with Gasteiger partial charge in [-0.05, 0) is 54.2 Å². The van der Waals surface area contributed by atoms with Crippen molar-refractivity contribution in [2.45, 2.75) is 25.7 Å².